The number of nitrogens with one attached hydrogen (secondary N) is 1. The average Bonchev–Trinajstić information content (AvgIpc) is 3.74. The quantitative estimate of drug-likeness (QED) is 0.0702. The van der Waals surface area contributed by atoms with Crippen molar-refractivity contribution in [3.63, 3.8) is 0 Å². The SMILES string of the molecule is CCCCC/C=C\C/C=C\CCCCCCCCC1(CCCCCCCCC2=CC2/C=C\CCCCC)CNC1C. The van der Waals surface area contributed by atoms with Crippen LogP contribution in [0.1, 0.15) is 181 Å². The Labute approximate surface area is 258 Å². The molecule has 0 radical (unpaired) electrons. The molecule has 2 aliphatic rings. The molecule has 1 fully saturated rings. The molecule has 0 aromatic heterocycles. The second kappa shape index (κ2) is 24.4. The van der Waals surface area contributed by atoms with Crippen LogP contribution in [0.4, 0.5) is 0 Å². The summed E-state index contributed by atoms with van der Waals surface area (Å²) in [7, 11) is 0. The van der Waals surface area contributed by atoms with Gasteiger partial charge in [0.2, 0.25) is 0 Å². The molecular weight excluding hydrogens is 494 g/mol. The molecule has 1 aliphatic carbocycles. The van der Waals surface area contributed by atoms with Crippen molar-refractivity contribution in [1.29, 1.82) is 0 Å². The molecule has 1 N–H and O–H groups in total. The van der Waals surface area contributed by atoms with Crippen molar-refractivity contribution in [2.45, 2.75) is 187 Å². The maximum absolute atomic E-state index is 3.69. The molecule has 1 aliphatic heterocycles. The standard InChI is InChI=1S/C40H71N/c1-4-6-8-10-11-12-13-14-15-16-17-18-19-21-25-29-33-40(36-41-37(40)3)34-30-26-22-20-24-28-32-39-35-38(39)31-27-23-9-7-5-2/h11-12,14-15,27,31,35,37-38,41H,4-10,13,16-26,28-30,32-34,36H2,1-3H3/b12-11-,15-14-,31-27-. The minimum Gasteiger partial charge on any atom is -0.313 e. The predicted octanol–water partition coefficient (Wildman–Crippen LogP) is 13.0. The number of allylic oxidation sites excluding steroid dienone is 8. The second-order valence-corrected chi connectivity index (χ2v) is 13.6. The van der Waals surface area contributed by atoms with Crippen molar-refractivity contribution >= 4 is 0 Å². The minimum atomic E-state index is 0.618. The van der Waals surface area contributed by atoms with Gasteiger partial charge in [0.15, 0.2) is 0 Å². The first kappa shape index (κ1) is 36.1. The summed E-state index contributed by atoms with van der Waals surface area (Å²) in [5.41, 5.74) is 2.33. The van der Waals surface area contributed by atoms with E-state index >= 15 is 0 Å². The van der Waals surface area contributed by atoms with Crippen LogP contribution in [-0.2, 0) is 0 Å². The molecule has 1 heterocycles. The molecule has 0 aromatic rings. The predicted molar refractivity (Wildman–Crippen MR) is 186 cm³/mol. The number of unbranched alkanes of at least 4 members (excludes halogenated alkanes) is 17. The van der Waals surface area contributed by atoms with Gasteiger partial charge >= 0.3 is 0 Å². The fourth-order valence-corrected chi connectivity index (χ4v) is 6.67. The molecule has 1 heteroatoms. The summed E-state index contributed by atoms with van der Waals surface area (Å²) in [5, 5.41) is 3.69. The maximum atomic E-state index is 3.69. The molecule has 0 spiro atoms. The zero-order valence-corrected chi connectivity index (χ0v) is 28.1. The molecule has 236 valence electrons. The van der Waals surface area contributed by atoms with Crippen LogP contribution in [0.2, 0.25) is 0 Å². The van der Waals surface area contributed by atoms with E-state index in [9.17, 15) is 0 Å². The van der Waals surface area contributed by atoms with Gasteiger partial charge in [0.1, 0.15) is 0 Å². The summed E-state index contributed by atoms with van der Waals surface area (Å²) >= 11 is 0. The molecule has 1 saturated heterocycles. The van der Waals surface area contributed by atoms with Crippen molar-refractivity contribution in [2.24, 2.45) is 11.3 Å². The first-order chi connectivity index (χ1) is 20.2. The fraction of sp³-hybridized carbons (Fsp3) is 0.800. The van der Waals surface area contributed by atoms with Gasteiger partial charge in [-0.1, -0.05) is 152 Å². The summed E-state index contributed by atoms with van der Waals surface area (Å²) in [6, 6.07) is 0.737. The highest BCUT2D eigenvalue weighted by molar-refractivity contribution is 5.34. The minimum absolute atomic E-state index is 0.618. The van der Waals surface area contributed by atoms with Gasteiger partial charge in [-0.25, -0.2) is 0 Å². The first-order valence-electron chi connectivity index (χ1n) is 18.6. The van der Waals surface area contributed by atoms with Crippen molar-refractivity contribution < 1.29 is 0 Å². The Hall–Kier alpha value is -1.08. The number of hydrogen-bond donors (Lipinski definition) is 1. The Morgan fingerprint density at radius 2 is 1.15 bits per heavy atom. The van der Waals surface area contributed by atoms with E-state index in [0.717, 1.165) is 18.4 Å². The smallest absolute Gasteiger partial charge is 0.0160 e. The second-order valence-electron chi connectivity index (χ2n) is 13.6. The molecule has 0 saturated carbocycles. The molecule has 3 atom stereocenters. The van der Waals surface area contributed by atoms with E-state index in [-0.39, 0.29) is 0 Å². The lowest BCUT2D eigenvalue weighted by Crippen LogP contribution is -2.60. The topological polar surface area (TPSA) is 12.0 Å². The summed E-state index contributed by atoms with van der Waals surface area (Å²) in [6.07, 6.45) is 51.3. The van der Waals surface area contributed by atoms with Gasteiger partial charge in [-0.2, -0.15) is 0 Å². The van der Waals surface area contributed by atoms with Gasteiger partial charge in [-0.15, -0.1) is 0 Å². The molecular formula is C40H71N. The number of hydrogen-bond acceptors (Lipinski definition) is 1. The zero-order chi connectivity index (χ0) is 29.3. The fourth-order valence-electron chi connectivity index (χ4n) is 6.67. The molecule has 0 aromatic carbocycles. The van der Waals surface area contributed by atoms with E-state index in [1.54, 1.807) is 5.57 Å². The molecule has 1 nitrogen and oxygen atoms in total. The Bertz CT molecular complexity index is 727. The highest BCUT2D eigenvalue weighted by Crippen LogP contribution is 2.40. The molecule has 3 unspecified atom stereocenters. The van der Waals surface area contributed by atoms with E-state index in [0.29, 0.717) is 5.41 Å². The van der Waals surface area contributed by atoms with Crippen LogP contribution >= 0.6 is 0 Å². The van der Waals surface area contributed by atoms with Gasteiger partial charge in [0.25, 0.3) is 0 Å². The summed E-state index contributed by atoms with van der Waals surface area (Å²) < 4.78 is 0. The number of rotatable bonds is 29. The van der Waals surface area contributed by atoms with E-state index in [1.165, 1.54) is 161 Å². The van der Waals surface area contributed by atoms with Gasteiger partial charge in [-0.05, 0) is 83.0 Å². The Morgan fingerprint density at radius 1 is 0.634 bits per heavy atom. The van der Waals surface area contributed by atoms with E-state index in [4.69, 9.17) is 0 Å². The largest absolute Gasteiger partial charge is 0.313 e. The Kier molecular flexibility index (Phi) is 21.5. The first-order valence-corrected chi connectivity index (χ1v) is 18.6. The van der Waals surface area contributed by atoms with Gasteiger partial charge in [0, 0.05) is 18.5 Å². The van der Waals surface area contributed by atoms with Crippen molar-refractivity contribution in [3.8, 4) is 0 Å². The van der Waals surface area contributed by atoms with Crippen LogP contribution in [0, 0.1) is 11.3 Å². The lowest BCUT2D eigenvalue weighted by Gasteiger charge is -2.50. The Morgan fingerprint density at radius 3 is 1.68 bits per heavy atom. The van der Waals surface area contributed by atoms with Crippen LogP contribution < -0.4 is 5.32 Å². The molecule has 0 bridgehead atoms. The van der Waals surface area contributed by atoms with Gasteiger partial charge in [-0.3, -0.25) is 0 Å². The maximum Gasteiger partial charge on any atom is 0.0160 e. The third-order valence-electron chi connectivity index (χ3n) is 9.97. The van der Waals surface area contributed by atoms with Crippen molar-refractivity contribution in [1.82, 2.24) is 5.32 Å². The Balaban J connectivity index is 1.37. The highest BCUT2D eigenvalue weighted by atomic mass is 15.0. The molecule has 0 amide bonds. The van der Waals surface area contributed by atoms with Crippen LogP contribution in [-0.4, -0.2) is 12.6 Å². The van der Waals surface area contributed by atoms with Gasteiger partial charge < -0.3 is 5.32 Å². The average molecular weight is 566 g/mol. The van der Waals surface area contributed by atoms with Crippen LogP contribution in [0.5, 0.6) is 0 Å². The van der Waals surface area contributed by atoms with Crippen LogP contribution in [0.25, 0.3) is 0 Å². The van der Waals surface area contributed by atoms with Crippen molar-refractivity contribution in [3.05, 3.63) is 48.1 Å². The van der Waals surface area contributed by atoms with E-state index in [2.05, 4.69) is 68.6 Å². The van der Waals surface area contributed by atoms with Crippen LogP contribution in [0.15, 0.2) is 48.1 Å². The molecule has 41 heavy (non-hydrogen) atoms. The third-order valence-corrected chi connectivity index (χ3v) is 9.97. The monoisotopic (exact) mass is 566 g/mol. The van der Waals surface area contributed by atoms with E-state index in [1.807, 2.05) is 0 Å². The lowest BCUT2D eigenvalue weighted by atomic mass is 9.67. The summed E-state index contributed by atoms with van der Waals surface area (Å²) in [6.45, 7) is 8.28. The molecule has 2 rings (SSSR count). The summed E-state index contributed by atoms with van der Waals surface area (Å²) in [4.78, 5) is 0. The summed E-state index contributed by atoms with van der Waals surface area (Å²) in [5.74, 6) is 0.732. The van der Waals surface area contributed by atoms with Crippen molar-refractivity contribution in [2.75, 3.05) is 6.54 Å². The third kappa shape index (κ3) is 17.6. The van der Waals surface area contributed by atoms with E-state index < -0.39 is 0 Å². The zero-order valence-electron chi connectivity index (χ0n) is 28.1. The van der Waals surface area contributed by atoms with Crippen LogP contribution in [0.3, 0.4) is 0 Å². The normalized spacial score (nSPS) is 22.3. The van der Waals surface area contributed by atoms with Gasteiger partial charge in [0.05, 0.1) is 0 Å². The lowest BCUT2D eigenvalue weighted by molar-refractivity contribution is 0.0647. The highest BCUT2D eigenvalue weighted by Gasteiger charge is 2.42.